The van der Waals surface area contributed by atoms with Crippen LogP contribution in [0.5, 0.6) is 5.88 Å². The van der Waals surface area contributed by atoms with Crippen LogP contribution in [0, 0.1) is 4.77 Å². The molecule has 13 heavy (non-hydrogen) atoms. The first-order valence-electron chi connectivity index (χ1n) is 4.13. The van der Waals surface area contributed by atoms with Crippen molar-refractivity contribution in [2.24, 2.45) is 0 Å². The summed E-state index contributed by atoms with van der Waals surface area (Å²) < 4.78 is 3.11. The third kappa shape index (κ3) is 1.65. The van der Waals surface area contributed by atoms with Crippen LogP contribution in [0.15, 0.2) is 10.9 Å². The fraction of sp³-hybridized carbons (Fsp3) is 0.500. The Hall–Kier alpha value is -1.10. The van der Waals surface area contributed by atoms with E-state index in [0.29, 0.717) is 17.9 Å². The van der Waals surface area contributed by atoms with Crippen molar-refractivity contribution < 1.29 is 5.11 Å². The summed E-state index contributed by atoms with van der Waals surface area (Å²) in [5.41, 5.74) is -0.317. The van der Waals surface area contributed by atoms with Crippen molar-refractivity contribution in [1.29, 1.82) is 0 Å². The molecule has 1 aromatic heterocycles. The molecular weight excluding hydrogens is 188 g/mol. The molecule has 72 valence electrons. The second-order valence-corrected chi connectivity index (χ2v) is 2.96. The molecule has 0 spiro atoms. The van der Waals surface area contributed by atoms with Crippen LogP contribution in [0.1, 0.15) is 13.8 Å². The normalized spacial score (nSPS) is 10.3. The molecule has 0 aliphatic carbocycles. The predicted octanol–water partition coefficient (Wildman–Crippen LogP) is 0.493. The van der Waals surface area contributed by atoms with Gasteiger partial charge in [-0.05, 0) is 31.9 Å². The van der Waals surface area contributed by atoms with Crippen LogP contribution in [0.3, 0.4) is 0 Å². The molecule has 1 heterocycles. The van der Waals surface area contributed by atoms with E-state index < -0.39 is 0 Å². The molecule has 0 unspecified atom stereocenters. The lowest BCUT2D eigenvalue weighted by atomic mass is 10.5. The molecule has 0 amide bonds. The highest BCUT2D eigenvalue weighted by molar-refractivity contribution is 7.71. The first kappa shape index (κ1) is 9.98. The maximum absolute atomic E-state index is 11.2. The van der Waals surface area contributed by atoms with Crippen molar-refractivity contribution in [1.82, 2.24) is 9.13 Å². The van der Waals surface area contributed by atoms with Crippen molar-refractivity contribution in [2.45, 2.75) is 26.9 Å². The van der Waals surface area contributed by atoms with Gasteiger partial charge >= 0.3 is 0 Å². The van der Waals surface area contributed by atoms with Gasteiger partial charge in [0.2, 0.25) is 0 Å². The van der Waals surface area contributed by atoms with Gasteiger partial charge in [-0.15, -0.1) is 0 Å². The first-order chi connectivity index (χ1) is 6.11. The van der Waals surface area contributed by atoms with E-state index in [1.54, 1.807) is 0 Å². The number of hydrogen-bond donors (Lipinski definition) is 0. The van der Waals surface area contributed by atoms with E-state index in [1.807, 2.05) is 13.8 Å². The van der Waals surface area contributed by atoms with E-state index >= 15 is 0 Å². The Morgan fingerprint density at radius 2 is 1.92 bits per heavy atom. The number of rotatable bonds is 2. The van der Waals surface area contributed by atoms with Crippen molar-refractivity contribution >= 4 is 12.2 Å². The summed E-state index contributed by atoms with van der Waals surface area (Å²) in [6, 6.07) is 1.07. The molecule has 1 rings (SSSR count). The maximum Gasteiger partial charge on any atom is 0.253 e. The Balaban J connectivity index is 3.59. The molecule has 0 saturated carbocycles. The van der Waals surface area contributed by atoms with Crippen LogP contribution >= 0.6 is 12.2 Å². The summed E-state index contributed by atoms with van der Waals surface area (Å²) >= 11 is 4.99. The van der Waals surface area contributed by atoms with Crippen LogP contribution in [-0.2, 0) is 13.1 Å². The molecule has 0 atom stereocenters. The Bertz CT molecular complexity index is 419. The lowest BCUT2D eigenvalue weighted by Crippen LogP contribution is -2.25. The highest BCUT2D eigenvalue weighted by Gasteiger charge is 1.99. The molecule has 0 saturated heterocycles. The quantitative estimate of drug-likeness (QED) is 0.651. The van der Waals surface area contributed by atoms with Gasteiger partial charge in [-0.3, -0.25) is 9.36 Å². The molecule has 4 nitrogen and oxygen atoms in total. The Kier molecular flexibility index (Phi) is 2.87. The van der Waals surface area contributed by atoms with Crippen LogP contribution in [0.25, 0.3) is 0 Å². The SMILES string of the molecule is CCn1c([O-])cc(=O)n(CC)c1=S. The van der Waals surface area contributed by atoms with Gasteiger partial charge in [0.05, 0.1) is 0 Å². The van der Waals surface area contributed by atoms with Crippen LogP contribution in [0.4, 0.5) is 0 Å². The van der Waals surface area contributed by atoms with E-state index in [1.165, 1.54) is 9.13 Å². The standard InChI is InChI=1S/C8H12N2O2S/c1-3-9-6(11)5-7(12)10(4-2)8(9)13/h5,11H,3-4H2,1-2H3/p-1. The van der Waals surface area contributed by atoms with E-state index in [9.17, 15) is 9.90 Å². The molecule has 0 aliphatic heterocycles. The zero-order chi connectivity index (χ0) is 10.0. The maximum atomic E-state index is 11.2. The van der Waals surface area contributed by atoms with Crippen LogP contribution < -0.4 is 10.7 Å². The van der Waals surface area contributed by atoms with Gasteiger partial charge in [0.15, 0.2) is 4.77 Å². The molecule has 5 heteroatoms. The zero-order valence-electron chi connectivity index (χ0n) is 7.61. The monoisotopic (exact) mass is 199 g/mol. The van der Waals surface area contributed by atoms with Crippen molar-refractivity contribution in [2.75, 3.05) is 0 Å². The third-order valence-electron chi connectivity index (χ3n) is 1.87. The van der Waals surface area contributed by atoms with Gasteiger partial charge in [-0.2, -0.15) is 0 Å². The van der Waals surface area contributed by atoms with Crippen LogP contribution in [-0.4, -0.2) is 9.13 Å². The third-order valence-corrected chi connectivity index (χ3v) is 2.31. The van der Waals surface area contributed by atoms with Gasteiger partial charge < -0.3 is 9.67 Å². The summed E-state index contributed by atoms with van der Waals surface area (Å²) in [5.74, 6) is -0.317. The van der Waals surface area contributed by atoms with Crippen molar-refractivity contribution in [3.63, 3.8) is 0 Å². The fourth-order valence-corrected chi connectivity index (χ4v) is 1.62. The minimum Gasteiger partial charge on any atom is -0.860 e. The fourth-order valence-electron chi connectivity index (χ4n) is 1.18. The average Bonchev–Trinajstić information content (AvgIpc) is 2.04. The highest BCUT2D eigenvalue weighted by atomic mass is 32.1. The molecule has 0 radical (unpaired) electrons. The Morgan fingerprint density at radius 1 is 1.38 bits per heavy atom. The molecule has 0 aromatic carbocycles. The van der Waals surface area contributed by atoms with E-state index in [0.717, 1.165) is 6.07 Å². The lowest BCUT2D eigenvalue weighted by molar-refractivity contribution is -0.280. The second-order valence-electron chi connectivity index (χ2n) is 2.59. The summed E-state index contributed by atoms with van der Waals surface area (Å²) in [6.07, 6.45) is 0. The van der Waals surface area contributed by atoms with Crippen molar-refractivity contribution in [3.05, 3.63) is 21.2 Å². The van der Waals surface area contributed by atoms with Crippen molar-refractivity contribution in [3.8, 4) is 5.88 Å². The predicted molar refractivity (Wildman–Crippen MR) is 50.3 cm³/mol. The summed E-state index contributed by atoms with van der Waals surface area (Å²) in [4.78, 5) is 11.2. The molecular formula is C8H11N2O2S-. The lowest BCUT2D eigenvalue weighted by Gasteiger charge is -2.17. The number of aromatic nitrogens is 2. The molecule has 0 bridgehead atoms. The van der Waals surface area contributed by atoms with Gasteiger partial charge in [0, 0.05) is 19.2 Å². The topological polar surface area (TPSA) is 50.0 Å². The van der Waals surface area contributed by atoms with Gasteiger partial charge in [0.1, 0.15) is 0 Å². The summed E-state index contributed by atoms with van der Waals surface area (Å²) in [6.45, 7) is 4.64. The number of hydrogen-bond acceptors (Lipinski definition) is 3. The van der Waals surface area contributed by atoms with E-state index in [2.05, 4.69) is 0 Å². The summed E-state index contributed by atoms with van der Waals surface area (Å²) in [7, 11) is 0. The largest absolute Gasteiger partial charge is 0.860 e. The Morgan fingerprint density at radius 3 is 2.38 bits per heavy atom. The minimum atomic E-state index is -0.317. The van der Waals surface area contributed by atoms with Gasteiger partial charge in [-0.25, -0.2) is 0 Å². The van der Waals surface area contributed by atoms with E-state index in [4.69, 9.17) is 12.2 Å². The molecule has 0 fully saturated rings. The van der Waals surface area contributed by atoms with Gasteiger partial charge in [0.25, 0.3) is 5.56 Å². The minimum absolute atomic E-state index is 0.308. The molecule has 0 aliphatic rings. The number of nitrogens with zero attached hydrogens (tertiary/aromatic N) is 2. The molecule has 0 N–H and O–H groups in total. The smallest absolute Gasteiger partial charge is 0.253 e. The van der Waals surface area contributed by atoms with Crippen LogP contribution in [0.2, 0.25) is 0 Å². The summed E-state index contributed by atoms with van der Waals surface area (Å²) in [5, 5.41) is 11.2. The van der Waals surface area contributed by atoms with Gasteiger partial charge in [-0.1, -0.05) is 0 Å². The molecule has 1 aromatic rings. The van der Waals surface area contributed by atoms with E-state index in [-0.39, 0.29) is 11.4 Å². The second kappa shape index (κ2) is 3.74. The zero-order valence-corrected chi connectivity index (χ0v) is 8.43. The highest BCUT2D eigenvalue weighted by Crippen LogP contribution is 2.02. The average molecular weight is 199 g/mol. The first-order valence-corrected chi connectivity index (χ1v) is 4.54. The Labute approximate surface area is 81.1 Å².